The topological polar surface area (TPSA) is 349 Å². The molecule has 6 heterocycles. The number of para-hydroxylation sites is 1. The molecule has 61 heavy (non-hydrogen) atoms. The van der Waals surface area contributed by atoms with Crippen molar-refractivity contribution in [3.63, 3.8) is 0 Å². The van der Waals surface area contributed by atoms with Gasteiger partial charge in [0.15, 0.2) is 33.5 Å². The maximum absolute atomic E-state index is 12.4. The molecule has 0 aliphatic carbocycles. The van der Waals surface area contributed by atoms with Crippen LogP contribution in [0.25, 0.3) is 5.69 Å². The van der Waals surface area contributed by atoms with E-state index in [1.807, 2.05) is 30.3 Å². The summed E-state index contributed by atoms with van der Waals surface area (Å²) in [6, 6.07) is 16.2. The molecule has 310 valence electrons. The van der Waals surface area contributed by atoms with Gasteiger partial charge in [0.25, 0.3) is 0 Å². The summed E-state index contributed by atoms with van der Waals surface area (Å²) >= 11 is 3.44. The first-order chi connectivity index (χ1) is 29.7. The number of rotatable bonds is 19. The molecule has 2 aromatic carbocycles. The molecule has 0 amide bonds. The van der Waals surface area contributed by atoms with Crippen LogP contribution in [0.1, 0.15) is 30.0 Å². The van der Waals surface area contributed by atoms with Gasteiger partial charge in [-0.15, -0.1) is 10.2 Å². The van der Waals surface area contributed by atoms with E-state index in [9.17, 15) is 14.4 Å². The van der Waals surface area contributed by atoms with Crippen molar-refractivity contribution in [1.82, 2.24) is 96.3 Å². The molecule has 0 aliphatic rings. The van der Waals surface area contributed by atoms with E-state index >= 15 is 0 Å². The van der Waals surface area contributed by atoms with E-state index in [0.29, 0.717) is 34.7 Å². The third-order valence-electron chi connectivity index (χ3n) is 7.46. The summed E-state index contributed by atoms with van der Waals surface area (Å²) in [4.78, 5) is 71.3. The van der Waals surface area contributed by atoms with Gasteiger partial charge in [-0.1, -0.05) is 75.6 Å². The number of benzene rings is 2. The second kappa shape index (κ2) is 19.1. The van der Waals surface area contributed by atoms with Gasteiger partial charge in [-0.05, 0) is 62.2 Å². The molecule has 0 saturated heterocycles. The average Bonchev–Trinajstić information content (AvgIpc) is 4.04. The first-order valence-electron chi connectivity index (χ1n) is 17.6. The number of ether oxygens (including phenoxy) is 3. The van der Waals surface area contributed by atoms with Crippen LogP contribution in [0.4, 0.5) is 0 Å². The third kappa shape index (κ3) is 11.6. The molecular weight excluding hydrogens is 859 g/mol. The third-order valence-corrected chi connectivity index (χ3v) is 9.99. The van der Waals surface area contributed by atoms with Gasteiger partial charge in [-0.25, -0.2) is 14.4 Å². The van der Waals surface area contributed by atoms with E-state index in [-0.39, 0.29) is 58.2 Å². The summed E-state index contributed by atoms with van der Waals surface area (Å²) in [5.41, 5.74) is -0.486. The lowest BCUT2D eigenvalue weighted by Crippen LogP contribution is -2.45. The van der Waals surface area contributed by atoms with Gasteiger partial charge < -0.3 is 14.2 Å². The standard InChI is InChI=1S/C31H27N21O6S3/c1-16(57-27-33-24(54)36-30(39-27)59-13-20-41-47-48-42-20)11-51-45-21(43-49-51)14-60-29-35-23(53)32-26(38-29)56-12-17-6-5-7-18(10-17)52-46-22(44-50-52)15-61-31-37-25(55)34-28(40-31)58-19-8-3-2-4-9-19/h2-10,16H,11-15H2,1H3,(H4,32,33,34,35,36,37,38,39,40,41,42,47,48,53,54,55)/p+2. The fourth-order valence-electron chi connectivity index (χ4n) is 4.92. The number of thioether (sulfide) groups is 3. The normalized spacial score (nSPS) is 11.7. The maximum atomic E-state index is 12.4. The monoisotopic (exact) mass is 887 g/mol. The van der Waals surface area contributed by atoms with Crippen LogP contribution < -0.4 is 40.9 Å². The smallest absolute Gasteiger partial charge is 0.351 e. The van der Waals surface area contributed by atoms with E-state index in [1.54, 1.807) is 31.2 Å². The molecule has 30 heteroatoms. The van der Waals surface area contributed by atoms with Crippen LogP contribution in [0.2, 0.25) is 0 Å². The van der Waals surface area contributed by atoms with E-state index < -0.39 is 23.2 Å². The summed E-state index contributed by atoms with van der Waals surface area (Å²) in [5.74, 6) is 2.55. The molecule has 0 spiro atoms. The molecule has 0 fully saturated rings. The van der Waals surface area contributed by atoms with Crippen LogP contribution in [0, 0.1) is 0 Å². The highest BCUT2D eigenvalue weighted by Gasteiger charge is 2.20. The highest BCUT2D eigenvalue weighted by molar-refractivity contribution is 7.98. The second-order valence-electron chi connectivity index (χ2n) is 12.1. The van der Waals surface area contributed by atoms with Gasteiger partial charge in [-0.2, -0.15) is 35.1 Å². The predicted octanol–water partition coefficient (Wildman–Crippen LogP) is -0.849. The molecule has 0 radical (unpaired) electrons. The van der Waals surface area contributed by atoms with Crippen LogP contribution in [-0.4, -0.2) is 102 Å². The minimum atomic E-state index is -0.649. The first-order valence-corrected chi connectivity index (χ1v) is 20.5. The fraction of sp³-hybridized carbons (Fsp3) is 0.226. The van der Waals surface area contributed by atoms with Crippen molar-refractivity contribution in [1.29, 1.82) is 0 Å². The molecule has 1 unspecified atom stereocenters. The van der Waals surface area contributed by atoms with E-state index in [4.69, 9.17) is 14.2 Å². The molecule has 1 atom stereocenters. The number of tetrazole rings is 3. The summed E-state index contributed by atoms with van der Waals surface area (Å²) in [6.07, 6.45) is -0.494. The van der Waals surface area contributed by atoms with Gasteiger partial charge in [0.1, 0.15) is 18.5 Å². The quantitative estimate of drug-likeness (QED) is 0.0425. The number of hydrogen-bond acceptors (Lipinski definition) is 22. The summed E-state index contributed by atoms with van der Waals surface area (Å²) in [6.45, 7) is 2.04. The Morgan fingerprint density at radius 3 is 2.03 bits per heavy atom. The van der Waals surface area contributed by atoms with Crippen LogP contribution in [0.5, 0.6) is 23.8 Å². The number of aromatic nitrogens is 21. The Labute approximate surface area is 351 Å². The van der Waals surface area contributed by atoms with Gasteiger partial charge >= 0.3 is 46.7 Å². The number of aromatic amines is 6. The highest BCUT2D eigenvalue weighted by Crippen LogP contribution is 2.21. The van der Waals surface area contributed by atoms with Gasteiger partial charge in [0.05, 0.1) is 27.5 Å². The van der Waals surface area contributed by atoms with Crippen LogP contribution >= 0.6 is 35.3 Å². The Bertz CT molecular complexity index is 2890. The Kier molecular flexibility index (Phi) is 12.6. The number of H-pyrrole nitrogens is 6. The molecule has 0 bridgehead atoms. The van der Waals surface area contributed by atoms with Crippen molar-refractivity contribution in [3.05, 3.63) is 109 Å². The van der Waals surface area contributed by atoms with Crippen molar-refractivity contribution >= 4 is 35.3 Å². The molecular formula is C31H29N21O6S3+2. The van der Waals surface area contributed by atoms with Crippen LogP contribution in [0.15, 0.2) is 84.5 Å². The molecule has 0 saturated carbocycles. The zero-order valence-electron chi connectivity index (χ0n) is 31.2. The molecule has 27 nitrogen and oxygen atoms in total. The minimum Gasteiger partial charge on any atom is -0.460 e. The molecule has 6 aromatic heterocycles. The van der Waals surface area contributed by atoms with Crippen LogP contribution in [0.3, 0.4) is 0 Å². The fourth-order valence-corrected chi connectivity index (χ4v) is 6.95. The number of nitrogens with zero attached hydrogens (tertiary/aromatic N) is 15. The van der Waals surface area contributed by atoms with Gasteiger partial charge in [-0.3, -0.25) is 15.0 Å². The summed E-state index contributed by atoms with van der Waals surface area (Å²) in [5, 5.41) is 37.0. The van der Waals surface area contributed by atoms with Crippen molar-refractivity contribution in [3.8, 4) is 29.5 Å². The Morgan fingerprint density at radius 1 is 0.672 bits per heavy atom. The van der Waals surface area contributed by atoms with Crippen molar-refractivity contribution in [2.75, 3.05) is 0 Å². The maximum Gasteiger partial charge on any atom is 0.351 e. The van der Waals surface area contributed by atoms with Crippen molar-refractivity contribution in [2.24, 2.45) is 0 Å². The van der Waals surface area contributed by atoms with E-state index in [0.717, 1.165) is 40.8 Å². The Hall–Kier alpha value is -7.47. The average molecular weight is 888 g/mol. The zero-order valence-corrected chi connectivity index (χ0v) is 33.6. The second-order valence-corrected chi connectivity index (χ2v) is 14.9. The van der Waals surface area contributed by atoms with E-state index in [1.165, 1.54) is 9.59 Å². The molecule has 8 aromatic rings. The minimum absolute atomic E-state index is 0.0131. The van der Waals surface area contributed by atoms with E-state index in [2.05, 4.69) is 96.3 Å². The first kappa shape index (κ1) is 40.3. The molecule has 0 aliphatic heterocycles. The lowest BCUT2D eigenvalue weighted by molar-refractivity contribution is -0.809. The predicted molar refractivity (Wildman–Crippen MR) is 206 cm³/mol. The van der Waals surface area contributed by atoms with Gasteiger partial charge in [0, 0.05) is 0 Å². The SMILES string of the molecule is CC(C[n+]1nc(CSc2nc(OCc3cccc(-[n+]4nc(CSc5nc(Oc6ccccc6)[nH]c(=O)n5)n[nH]4)c3)[nH]c(=O)n2)n[nH]1)Oc1nc(SCc2nn[nH]n2)nc(=O)[nH]1. The van der Waals surface area contributed by atoms with Crippen molar-refractivity contribution in [2.45, 2.75) is 58.9 Å². The zero-order chi connectivity index (χ0) is 42.0. The lowest BCUT2D eigenvalue weighted by Gasteiger charge is -2.10. The summed E-state index contributed by atoms with van der Waals surface area (Å²) in [7, 11) is 0. The van der Waals surface area contributed by atoms with Crippen LogP contribution in [-0.2, 0) is 30.4 Å². The Morgan fingerprint density at radius 2 is 1.31 bits per heavy atom. The number of hydrogen-bond donors (Lipinski definition) is 6. The highest BCUT2D eigenvalue weighted by atomic mass is 32.2. The largest absolute Gasteiger partial charge is 0.460 e. The Balaban J connectivity index is 0.812. The van der Waals surface area contributed by atoms with Crippen molar-refractivity contribution < 1.29 is 23.8 Å². The number of nitrogens with one attached hydrogen (secondary N) is 6. The molecule has 8 rings (SSSR count). The lowest BCUT2D eigenvalue weighted by atomic mass is 10.2. The summed E-state index contributed by atoms with van der Waals surface area (Å²) < 4.78 is 17.2. The van der Waals surface area contributed by atoms with Gasteiger partial charge in [0.2, 0.25) is 0 Å². The molecule has 6 N–H and O–H groups in total.